The van der Waals surface area contributed by atoms with Crippen LogP contribution in [0.15, 0.2) is 60.0 Å². The summed E-state index contributed by atoms with van der Waals surface area (Å²) in [6.45, 7) is 7.52. The van der Waals surface area contributed by atoms with Gasteiger partial charge in [0.05, 0.1) is 0 Å². The van der Waals surface area contributed by atoms with Gasteiger partial charge >= 0.3 is 6.09 Å². The van der Waals surface area contributed by atoms with Gasteiger partial charge in [-0.1, -0.05) is 48.5 Å². The molecule has 2 aromatic rings. The lowest BCUT2D eigenvalue weighted by molar-refractivity contribution is 0.0527. The molecule has 0 atom stereocenters. The minimum Gasteiger partial charge on any atom is -0.478 e. The molecule has 0 aromatic heterocycles. The number of nitrogens with one attached hydrogen (secondary N) is 2. The lowest BCUT2D eigenvalue weighted by Gasteiger charge is -2.25. The van der Waals surface area contributed by atoms with Gasteiger partial charge in [-0.05, 0) is 74.3 Å². The van der Waals surface area contributed by atoms with Crippen LogP contribution in [0, 0.1) is 0 Å². The molecular formula is C27H34N2O3. The van der Waals surface area contributed by atoms with E-state index in [1.54, 1.807) is 0 Å². The van der Waals surface area contributed by atoms with Crippen molar-refractivity contribution in [2.45, 2.75) is 58.0 Å². The molecule has 5 heteroatoms. The fraction of sp³-hybridized carbons (Fsp3) is 0.444. The van der Waals surface area contributed by atoms with E-state index in [2.05, 4.69) is 59.2 Å². The van der Waals surface area contributed by atoms with Crippen LogP contribution in [0.5, 0.6) is 0 Å². The normalized spacial score (nSPS) is 14.8. The van der Waals surface area contributed by atoms with E-state index in [-0.39, 0.29) is 12.0 Å². The van der Waals surface area contributed by atoms with Crippen LogP contribution in [0.1, 0.15) is 63.5 Å². The third-order valence-electron chi connectivity index (χ3n) is 5.94. The summed E-state index contributed by atoms with van der Waals surface area (Å²) in [4.78, 5) is 11.8. The minimum absolute atomic E-state index is 0.244. The highest BCUT2D eigenvalue weighted by Crippen LogP contribution is 2.44. The van der Waals surface area contributed by atoms with Crippen LogP contribution in [0.2, 0.25) is 0 Å². The third kappa shape index (κ3) is 5.26. The van der Waals surface area contributed by atoms with Gasteiger partial charge in [-0.2, -0.15) is 0 Å². The van der Waals surface area contributed by atoms with E-state index in [1.165, 1.54) is 34.2 Å². The Kier molecular flexibility index (Phi) is 6.73. The van der Waals surface area contributed by atoms with Crippen molar-refractivity contribution in [3.8, 4) is 11.1 Å². The molecule has 2 aromatic carbocycles. The third-order valence-corrected chi connectivity index (χ3v) is 5.94. The molecule has 4 rings (SSSR count). The number of benzene rings is 2. The summed E-state index contributed by atoms with van der Waals surface area (Å²) in [6.07, 6.45) is 3.84. The molecule has 0 bridgehead atoms. The maximum Gasteiger partial charge on any atom is 0.407 e. The molecule has 0 unspecified atom stereocenters. The molecule has 2 N–H and O–H groups in total. The number of allylic oxidation sites excluding steroid dienone is 1. The van der Waals surface area contributed by atoms with Crippen LogP contribution in [0.3, 0.4) is 0 Å². The number of carbonyl (C=O) groups is 1. The van der Waals surface area contributed by atoms with E-state index in [0.29, 0.717) is 13.2 Å². The van der Waals surface area contributed by atoms with Gasteiger partial charge in [-0.3, -0.25) is 0 Å². The summed E-state index contributed by atoms with van der Waals surface area (Å²) in [7, 11) is 0. The van der Waals surface area contributed by atoms with Crippen LogP contribution >= 0.6 is 0 Å². The molecule has 1 amide bonds. The highest BCUT2D eigenvalue weighted by molar-refractivity contribution is 5.78. The maximum atomic E-state index is 11.8. The molecule has 0 heterocycles. The first-order valence-corrected chi connectivity index (χ1v) is 11.7. The second-order valence-corrected chi connectivity index (χ2v) is 9.53. The minimum atomic E-state index is -0.477. The zero-order chi connectivity index (χ0) is 22.6. The fourth-order valence-electron chi connectivity index (χ4n) is 4.26. The smallest absolute Gasteiger partial charge is 0.407 e. The Labute approximate surface area is 191 Å². The van der Waals surface area contributed by atoms with Gasteiger partial charge in [-0.15, -0.1) is 0 Å². The van der Waals surface area contributed by atoms with E-state index >= 15 is 0 Å². The average Bonchev–Trinajstić information content (AvgIpc) is 3.03. The number of carbonyl (C=O) groups excluding carboxylic acids is 1. The maximum absolute atomic E-state index is 11.8. The molecule has 2 aliphatic carbocycles. The average molecular weight is 435 g/mol. The van der Waals surface area contributed by atoms with E-state index in [1.807, 2.05) is 20.8 Å². The topological polar surface area (TPSA) is 59.6 Å². The van der Waals surface area contributed by atoms with Crippen LogP contribution in [0.25, 0.3) is 11.1 Å². The van der Waals surface area contributed by atoms with Crippen LogP contribution < -0.4 is 10.6 Å². The molecule has 0 saturated heterocycles. The molecule has 32 heavy (non-hydrogen) atoms. The molecule has 5 nitrogen and oxygen atoms in total. The molecule has 1 fully saturated rings. The van der Waals surface area contributed by atoms with Gasteiger partial charge in [0.2, 0.25) is 0 Å². The summed E-state index contributed by atoms with van der Waals surface area (Å²) >= 11 is 0. The molecule has 0 spiro atoms. The largest absolute Gasteiger partial charge is 0.478 e. The van der Waals surface area contributed by atoms with Crippen molar-refractivity contribution in [3.63, 3.8) is 0 Å². The van der Waals surface area contributed by atoms with E-state index in [9.17, 15) is 4.79 Å². The van der Waals surface area contributed by atoms with Crippen molar-refractivity contribution in [2.75, 3.05) is 19.7 Å². The van der Waals surface area contributed by atoms with Crippen LogP contribution in [-0.2, 0) is 9.47 Å². The molecule has 2 aliphatic rings. The Balaban J connectivity index is 1.32. The Morgan fingerprint density at radius 3 is 2.09 bits per heavy atom. The Morgan fingerprint density at radius 1 is 0.938 bits per heavy atom. The van der Waals surface area contributed by atoms with Crippen molar-refractivity contribution in [1.82, 2.24) is 10.6 Å². The Hall–Kier alpha value is -2.95. The van der Waals surface area contributed by atoms with Crippen molar-refractivity contribution in [1.29, 1.82) is 0 Å². The molecular weight excluding hydrogens is 400 g/mol. The van der Waals surface area contributed by atoms with Gasteiger partial charge in [-0.25, -0.2) is 4.79 Å². The van der Waals surface area contributed by atoms with Crippen molar-refractivity contribution in [3.05, 3.63) is 71.1 Å². The second kappa shape index (κ2) is 9.68. The molecule has 1 saturated carbocycles. The van der Waals surface area contributed by atoms with Crippen molar-refractivity contribution < 1.29 is 14.3 Å². The van der Waals surface area contributed by atoms with Crippen LogP contribution in [-0.4, -0.2) is 31.4 Å². The van der Waals surface area contributed by atoms with Crippen molar-refractivity contribution in [2.24, 2.45) is 0 Å². The molecule has 0 radical (unpaired) electrons. The summed E-state index contributed by atoms with van der Waals surface area (Å²) in [5, 5.41) is 6.29. The Bertz CT molecular complexity index is 939. The summed E-state index contributed by atoms with van der Waals surface area (Å²) in [5.74, 6) is 1.17. The predicted octanol–water partition coefficient (Wildman–Crippen LogP) is 5.72. The number of alkyl carbamates (subject to hydrolysis) is 1. The second-order valence-electron chi connectivity index (χ2n) is 9.53. The zero-order valence-electron chi connectivity index (χ0n) is 19.4. The Morgan fingerprint density at radius 2 is 1.53 bits per heavy atom. The van der Waals surface area contributed by atoms with Gasteiger partial charge in [0.25, 0.3) is 0 Å². The fourth-order valence-corrected chi connectivity index (χ4v) is 4.26. The van der Waals surface area contributed by atoms with E-state index in [4.69, 9.17) is 9.47 Å². The lowest BCUT2D eigenvalue weighted by Crippen LogP contribution is -2.34. The first kappa shape index (κ1) is 22.3. The zero-order valence-corrected chi connectivity index (χ0v) is 19.4. The highest BCUT2D eigenvalue weighted by atomic mass is 16.6. The number of fused-ring (bicyclic) bond motifs is 3. The van der Waals surface area contributed by atoms with Crippen molar-refractivity contribution >= 4 is 6.09 Å². The number of rotatable bonds is 8. The monoisotopic (exact) mass is 434 g/mol. The lowest BCUT2D eigenvalue weighted by atomic mass is 9.92. The number of hydrogen-bond acceptors (Lipinski definition) is 4. The van der Waals surface area contributed by atoms with Gasteiger partial charge in [0, 0.05) is 19.0 Å². The van der Waals surface area contributed by atoms with Gasteiger partial charge < -0.3 is 20.1 Å². The van der Waals surface area contributed by atoms with E-state index in [0.717, 1.165) is 31.7 Å². The summed E-state index contributed by atoms with van der Waals surface area (Å²) in [6, 6.07) is 17.3. The number of hydrogen-bond donors (Lipinski definition) is 2. The molecule has 170 valence electrons. The summed E-state index contributed by atoms with van der Waals surface area (Å²) in [5.41, 5.74) is 6.20. The first-order chi connectivity index (χ1) is 15.4. The summed E-state index contributed by atoms with van der Waals surface area (Å²) < 4.78 is 11.7. The van der Waals surface area contributed by atoms with Gasteiger partial charge in [0.15, 0.2) is 5.88 Å². The van der Waals surface area contributed by atoms with Crippen LogP contribution in [0.4, 0.5) is 4.79 Å². The first-order valence-electron chi connectivity index (χ1n) is 11.7. The van der Waals surface area contributed by atoms with E-state index < -0.39 is 5.60 Å². The quantitative estimate of drug-likeness (QED) is 0.412. The molecule has 0 aliphatic heterocycles. The predicted molar refractivity (Wildman–Crippen MR) is 127 cm³/mol. The standard InChI is InChI=1S/C27H34N2O3/c1-27(2,3)32-26(30)29-17-9-16-28-25(19-10-8-11-19)31-18-24-22-14-6-4-12-20(22)21-13-5-7-15-23(21)24/h4-7,12-15,24,28H,8-11,16-18H2,1-3H3,(H,29,30). The van der Waals surface area contributed by atoms with Gasteiger partial charge in [0.1, 0.15) is 12.2 Å². The highest BCUT2D eigenvalue weighted by Gasteiger charge is 2.29. The SMILES string of the molecule is CC(C)(C)OC(=O)NCCCNC(OCC1c2ccccc2-c2ccccc21)=C1CCC1. The number of ether oxygens (including phenoxy) is 2. The number of amides is 1.